The van der Waals surface area contributed by atoms with Crippen molar-refractivity contribution in [3.05, 3.63) is 117 Å². The molecular weight excluding hydrogens is 631 g/mol. The number of nitrogens with one attached hydrogen (secondary N) is 1. The number of halogens is 3. The molecule has 6 aromatic rings. The van der Waals surface area contributed by atoms with Crippen molar-refractivity contribution in [3.63, 3.8) is 0 Å². The number of carbonyl (C=O) groups excluding carboxylic acids is 1. The van der Waals surface area contributed by atoms with Crippen molar-refractivity contribution >= 4 is 27.3 Å². The second kappa shape index (κ2) is 11.5. The second-order valence-corrected chi connectivity index (χ2v) is 12.5. The number of rotatable bonds is 8. The maximum atomic E-state index is 14.0. The van der Waals surface area contributed by atoms with Gasteiger partial charge in [0.15, 0.2) is 17.5 Å². The molecule has 2 aliphatic heterocycles. The summed E-state index contributed by atoms with van der Waals surface area (Å²) in [6.45, 7) is 0.563. The molecule has 8 rings (SSSR count). The molecule has 0 bridgehead atoms. The van der Waals surface area contributed by atoms with E-state index in [0.717, 1.165) is 35.9 Å². The number of benzene rings is 2. The normalized spacial score (nSPS) is 15.4. The van der Waals surface area contributed by atoms with E-state index in [4.69, 9.17) is 14.2 Å². The Bertz CT molecular complexity index is 2250. The van der Waals surface area contributed by atoms with Crippen molar-refractivity contribution in [2.24, 2.45) is 0 Å². The van der Waals surface area contributed by atoms with Gasteiger partial charge >= 0.3 is 5.76 Å². The number of hydrogen-bond donors (Lipinski definition) is 1. The summed E-state index contributed by atoms with van der Waals surface area (Å²) in [5, 5.41) is 4.80. The van der Waals surface area contributed by atoms with E-state index in [9.17, 15) is 22.8 Å². The SMILES string of the molecule is O=C1c2c(nc(CCc3ccc(F)cc3)c(-c3noc(=O)[nH]3)c2-c2cc3ccnc(OCc4ccc(F)c(F)c4)c3s2)C2CCCN12. The highest BCUT2D eigenvalue weighted by Gasteiger charge is 2.44. The van der Waals surface area contributed by atoms with Gasteiger partial charge in [-0.05, 0) is 73.2 Å². The maximum absolute atomic E-state index is 14.0. The van der Waals surface area contributed by atoms with Crippen LogP contribution in [0.15, 0.2) is 70.1 Å². The standard InChI is InChI=1S/C34H24F3N5O4S/c35-20-7-3-17(4-8-20)6-10-23-26(31-40-34(44)46-41-31)27(28-29(39-23)24-2-1-13-42(24)33(28)43)25-15-19-11-12-38-32(30(19)47-25)45-16-18-5-9-21(36)22(37)14-18/h3-5,7-9,11-12,14-15,24H,1-2,6,10,13,16H2,(H,40,41,44). The molecule has 2 aromatic carbocycles. The van der Waals surface area contributed by atoms with Crippen molar-refractivity contribution in [1.82, 2.24) is 25.0 Å². The fourth-order valence-corrected chi connectivity index (χ4v) is 7.59. The molecule has 47 heavy (non-hydrogen) atoms. The Morgan fingerprint density at radius 3 is 2.57 bits per heavy atom. The maximum Gasteiger partial charge on any atom is 0.439 e. The van der Waals surface area contributed by atoms with E-state index in [-0.39, 0.29) is 36.1 Å². The van der Waals surface area contributed by atoms with Gasteiger partial charge in [0.25, 0.3) is 5.91 Å². The molecule has 0 radical (unpaired) electrons. The number of fused-ring (bicyclic) bond motifs is 4. The number of aryl methyl sites for hydroxylation is 2. The summed E-state index contributed by atoms with van der Waals surface area (Å²) >= 11 is 1.34. The smallest absolute Gasteiger partial charge is 0.439 e. The Balaban J connectivity index is 1.28. The number of ether oxygens (including phenoxy) is 1. The van der Waals surface area contributed by atoms with Gasteiger partial charge in [0.1, 0.15) is 12.4 Å². The molecular formula is C34H24F3N5O4S. The number of aromatic nitrogens is 4. The highest BCUT2D eigenvalue weighted by Crippen LogP contribution is 2.50. The van der Waals surface area contributed by atoms with E-state index in [1.165, 1.54) is 29.5 Å². The lowest BCUT2D eigenvalue weighted by atomic mass is 9.92. The first-order chi connectivity index (χ1) is 22.8. The van der Waals surface area contributed by atoms with E-state index < -0.39 is 17.4 Å². The van der Waals surface area contributed by atoms with E-state index in [2.05, 4.69) is 15.1 Å². The van der Waals surface area contributed by atoms with Crippen LogP contribution < -0.4 is 10.5 Å². The van der Waals surface area contributed by atoms with Gasteiger partial charge in [-0.25, -0.2) is 22.9 Å². The first-order valence-corrected chi connectivity index (χ1v) is 15.8. The van der Waals surface area contributed by atoms with Gasteiger partial charge in [0.2, 0.25) is 5.88 Å². The fourth-order valence-electron chi connectivity index (χ4n) is 6.43. The number of thiophene rings is 1. The van der Waals surface area contributed by atoms with Crippen LogP contribution in [0.2, 0.25) is 0 Å². The minimum Gasteiger partial charge on any atom is -0.472 e. The van der Waals surface area contributed by atoms with Gasteiger partial charge in [0.05, 0.1) is 33.3 Å². The first kappa shape index (κ1) is 29.1. The molecule has 1 N–H and O–H groups in total. The topological polar surface area (TPSA) is 114 Å². The number of hydrogen-bond acceptors (Lipinski definition) is 8. The number of amides is 1. The minimum atomic E-state index is -0.971. The molecule has 0 spiro atoms. The third kappa shape index (κ3) is 5.16. The highest BCUT2D eigenvalue weighted by atomic mass is 32.1. The molecule has 9 nitrogen and oxygen atoms in total. The average molecular weight is 656 g/mol. The van der Waals surface area contributed by atoms with Crippen LogP contribution in [0.5, 0.6) is 5.88 Å². The summed E-state index contributed by atoms with van der Waals surface area (Å²) in [5.41, 5.74) is 4.10. The van der Waals surface area contributed by atoms with E-state index in [0.29, 0.717) is 62.6 Å². The lowest BCUT2D eigenvalue weighted by Gasteiger charge is -2.16. The number of carbonyl (C=O) groups is 1. The van der Waals surface area contributed by atoms with E-state index >= 15 is 0 Å². The Kier molecular flexibility index (Phi) is 7.12. The molecule has 0 aliphatic carbocycles. The Morgan fingerprint density at radius 1 is 0.957 bits per heavy atom. The van der Waals surface area contributed by atoms with Crippen molar-refractivity contribution in [1.29, 1.82) is 0 Å². The van der Waals surface area contributed by atoms with Crippen molar-refractivity contribution in [2.75, 3.05) is 6.54 Å². The number of aromatic amines is 1. The minimum absolute atomic E-state index is 0.0463. The van der Waals surface area contributed by atoms with Gasteiger partial charge in [-0.1, -0.05) is 23.4 Å². The molecule has 6 heterocycles. The van der Waals surface area contributed by atoms with Crippen LogP contribution in [-0.2, 0) is 19.4 Å². The van der Waals surface area contributed by atoms with E-state index in [1.807, 2.05) is 17.0 Å². The van der Waals surface area contributed by atoms with Crippen LogP contribution in [0, 0.1) is 17.5 Å². The number of pyridine rings is 2. The summed E-state index contributed by atoms with van der Waals surface area (Å²) < 4.78 is 52.5. The monoisotopic (exact) mass is 655 g/mol. The summed E-state index contributed by atoms with van der Waals surface area (Å²) in [6.07, 6.45) is 4.15. The van der Waals surface area contributed by atoms with Gasteiger partial charge in [-0.3, -0.25) is 19.3 Å². The lowest BCUT2D eigenvalue weighted by Crippen LogP contribution is -2.22. The zero-order valence-electron chi connectivity index (χ0n) is 24.6. The summed E-state index contributed by atoms with van der Waals surface area (Å²) in [4.78, 5) is 40.9. The van der Waals surface area contributed by atoms with Crippen LogP contribution in [0.25, 0.3) is 31.9 Å². The Hall–Kier alpha value is -5.30. The van der Waals surface area contributed by atoms with Crippen LogP contribution in [0.3, 0.4) is 0 Å². The first-order valence-electron chi connectivity index (χ1n) is 15.0. The summed E-state index contributed by atoms with van der Waals surface area (Å²) in [5.74, 6) is -2.73. The molecule has 236 valence electrons. The van der Waals surface area contributed by atoms with Gasteiger partial charge in [-0.15, -0.1) is 11.3 Å². The van der Waals surface area contributed by atoms with Crippen molar-refractivity contribution in [3.8, 4) is 27.7 Å². The van der Waals surface area contributed by atoms with Gasteiger partial charge in [0, 0.05) is 28.6 Å². The molecule has 13 heteroatoms. The molecule has 1 amide bonds. The third-order valence-electron chi connectivity index (χ3n) is 8.59. The second-order valence-electron chi connectivity index (χ2n) is 11.5. The van der Waals surface area contributed by atoms with Crippen molar-refractivity contribution < 1.29 is 27.2 Å². The number of H-pyrrole nitrogens is 1. The highest BCUT2D eigenvalue weighted by molar-refractivity contribution is 7.22. The third-order valence-corrected chi connectivity index (χ3v) is 9.75. The summed E-state index contributed by atoms with van der Waals surface area (Å²) in [7, 11) is 0. The molecule has 1 unspecified atom stereocenters. The van der Waals surface area contributed by atoms with E-state index in [1.54, 1.807) is 18.3 Å². The van der Waals surface area contributed by atoms with Crippen LogP contribution in [0.4, 0.5) is 13.2 Å². The van der Waals surface area contributed by atoms with Gasteiger partial charge in [-0.2, -0.15) is 0 Å². The lowest BCUT2D eigenvalue weighted by molar-refractivity contribution is 0.0776. The summed E-state index contributed by atoms with van der Waals surface area (Å²) in [6, 6.07) is 13.4. The fraction of sp³-hybridized carbons (Fsp3) is 0.206. The molecule has 1 atom stereocenters. The zero-order chi connectivity index (χ0) is 32.2. The zero-order valence-corrected chi connectivity index (χ0v) is 25.4. The molecule has 4 aromatic heterocycles. The average Bonchev–Trinajstić information content (AvgIpc) is 3.87. The predicted octanol–water partition coefficient (Wildman–Crippen LogP) is 6.77. The molecule has 1 fully saturated rings. The Morgan fingerprint density at radius 2 is 1.79 bits per heavy atom. The molecule has 2 aliphatic rings. The largest absolute Gasteiger partial charge is 0.472 e. The van der Waals surface area contributed by atoms with Crippen LogP contribution >= 0.6 is 11.3 Å². The predicted molar refractivity (Wildman–Crippen MR) is 166 cm³/mol. The molecule has 0 saturated carbocycles. The van der Waals surface area contributed by atoms with Crippen molar-refractivity contribution in [2.45, 2.75) is 38.3 Å². The van der Waals surface area contributed by atoms with Gasteiger partial charge < -0.3 is 9.64 Å². The van der Waals surface area contributed by atoms with Crippen LogP contribution in [0.1, 0.15) is 51.8 Å². The quantitative estimate of drug-likeness (QED) is 0.192. The van der Waals surface area contributed by atoms with Crippen LogP contribution in [-0.4, -0.2) is 37.5 Å². The Labute approximate surface area is 268 Å². The molecule has 1 saturated heterocycles. The number of nitrogens with zero attached hydrogens (tertiary/aromatic N) is 4.